The highest BCUT2D eigenvalue weighted by Gasteiger charge is 2.17. The summed E-state index contributed by atoms with van der Waals surface area (Å²) in [4.78, 5) is 0.999. The predicted octanol–water partition coefficient (Wildman–Crippen LogP) is 3.69. The first kappa shape index (κ1) is 15.6. The third-order valence-electron chi connectivity index (χ3n) is 2.71. The molecule has 0 bridgehead atoms. The Kier molecular flexibility index (Phi) is 4.95. The van der Waals surface area contributed by atoms with E-state index < -0.39 is 15.8 Å². The van der Waals surface area contributed by atoms with Crippen LogP contribution in [0.5, 0.6) is 0 Å². The summed E-state index contributed by atoms with van der Waals surface area (Å²) in [5.74, 6) is -0.434. The van der Waals surface area contributed by atoms with Crippen molar-refractivity contribution in [3.8, 4) is 0 Å². The number of aryl methyl sites for hydroxylation is 1. The Labute approximate surface area is 130 Å². The molecule has 2 rings (SSSR count). The summed E-state index contributed by atoms with van der Waals surface area (Å²) in [6.07, 6.45) is 0.792. The van der Waals surface area contributed by atoms with Gasteiger partial charge in [-0.25, -0.2) is 17.5 Å². The summed E-state index contributed by atoms with van der Waals surface area (Å²) in [5, 5.41) is 0. The molecule has 1 heterocycles. The first-order chi connectivity index (χ1) is 9.42. The van der Waals surface area contributed by atoms with Crippen molar-refractivity contribution in [1.82, 2.24) is 4.72 Å². The molecule has 7 heteroatoms. The molecule has 1 aromatic carbocycles. The van der Waals surface area contributed by atoms with Gasteiger partial charge >= 0.3 is 0 Å². The Bertz CT molecular complexity index is 713. The Morgan fingerprint density at radius 3 is 2.70 bits per heavy atom. The van der Waals surface area contributed by atoms with E-state index in [1.165, 1.54) is 17.4 Å². The minimum absolute atomic E-state index is 0.0764. The third kappa shape index (κ3) is 3.66. The summed E-state index contributed by atoms with van der Waals surface area (Å²) in [6, 6.07) is 7.79. The van der Waals surface area contributed by atoms with E-state index in [9.17, 15) is 12.8 Å². The summed E-state index contributed by atoms with van der Waals surface area (Å²) in [5.41, 5.74) is 0.301. The molecule has 108 valence electrons. The Morgan fingerprint density at radius 2 is 2.05 bits per heavy atom. The Hall–Kier alpha value is -0.760. The van der Waals surface area contributed by atoms with Crippen LogP contribution in [0.4, 0.5) is 4.39 Å². The van der Waals surface area contributed by atoms with Crippen molar-refractivity contribution in [3.05, 3.63) is 51.1 Å². The average Bonchev–Trinajstić information content (AvgIpc) is 2.89. The minimum atomic E-state index is -3.59. The van der Waals surface area contributed by atoms with E-state index in [0.717, 1.165) is 11.3 Å². The molecule has 0 atom stereocenters. The monoisotopic (exact) mass is 377 g/mol. The second kappa shape index (κ2) is 6.34. The highest BCUT2D eigenvalue weighted by Crippen LogP contribution is 2.22. The molecule has 2 aromatic rings. The minimum Gasteiger partial charge on any atom is -0.207 e. The van der Waals surface area contributed by atoms with Gasteiger partial charge < -0.3 is 0 Å². The highest BCUT2D eigenvalue weighted by molar-refractivity contribution is 9.10. The van der Waals surface area contributed by atoms with Crippen LogP contribution in [-0.4, -0.2) is 8.42 Å². The van der Waals surface area contributed by atoms with E-state index in [4.69, 9.17) is 0 Å². The van der Waals surface area contributed by atoms with Gasteiger partial charge in [-0.3, -0.25) is 0 Å². The smallest absolute Gasteiger partial charge is 0.207 e. The fourth-order valence-corrected chi connectivity index (χ4v) is 4.37. The van der Waals surface area contributed by atoms with Crippen molar-refractivity contribution in [1.29, 1.82) is 0 Å². The Balaban J connectivity index is 2.15. The SMILES string of the molecule is CCc1ccc(S(=O)(=O)NCc2cc(Br)ccc2F)s1. The second-order valence-corrected chi connectivity index (χ2v) is 8.21. The maximum atomic E-state index is 13.6. The lowest BCUT2D eigenvalue weighted by Crippen LogP contribution is -2.22. The van der Waals surface area contributed by atoms with Gasteiger partial charge in [0.1, 0.15) is 10.0 Å². The first-order valence-corrected chi connectivity index (χ1v) is 9.04. The van der Waals surface area contributed by atoms with Crippen LogP contribution in [0.2, 0.25) is 0 Å². The summed E-state index contributed by atoms with van der Waals surface area (Å²) in [7, 11) is -3.59. The van der Waals surface area contributed by atoms with Gasteiger partial charge in [-0.15, -0.1) is 11.3 Å². The molecule has 20 heavy (non-hydrogen) atoms. The van der Waals surface area contributed by atoms with Crippen LogP contribution < -0.4 is 4.72 Å². The zero-order valence-corrected chi connectivity index (χ0v) is 13.9. The highest BCUT2D eigenvalue weighted by atomic mass is 79.9. The fraction of sp³-hybridized carbons (Fsp3) is 0.231. The third-order valence-corrected chi connectivity index (χ3v) is 6.33. The van der Waals surface area contributed by atoms with E-state index >= 15 is 0 Å². The maximum Gasteiger partial charge on any atom is 0.250 e. The Morgan fingerprint density at radius 1 is 1.30 bits per heavy atom. The van der Waals surface area contributed by atoms with Gasteiger partial charge in [-0.2, -0.15) is 0 Å². The lowest BCUT2D eigenvalue weighted by molar-refractivity contribution is 0.576. The number of halogens is 2. The van der Waals surface area contributed by atoms with Crippen LogP contribution in [0.15, 0.2) is 39.0 Å². The van der Waals surface area contributed by atoms with E-state index in [2.05, 4.69) is 20.7 Å². The molecule has 0 spiro atoms. The molecule has 0 aliphatic heterocycles. The quantitative estimate of drug-likeness (QED) is 0.863. The molecule has 0 radical (unpaired) electrons. The summed E-state index contributed by atoms with van der Waals surface area (Å²) >= 11 is 4.46. The van der Waals surface area contributed by atoms with Gasteiger partial charge in [0.05, 0.1) is 0 Å². The van der Waals surface area contributed by atoms with Crippen molar-refractivity contribution in [3.63, 3.8) is 0 Å². The first-order valence-electron chi connectivity index (χ1n) is 5.94. The molecule has 1 aromatic heterocycles. The summed E-state index contributed by atoms with van der Waals surface area (Å²) in [6.45, 7) is 1.89. The predicted molar refractivity (Wildman–Crippen MR) is 81.8 cm³/mol. The van der Waals surface area contributed by atoms with Gasteiger partial charge in [0.2, 0.25) is 10.0 Å². The average molecular weight is 378 g/mol. The van der Waals surface area contributed by atoms with Gasteiger partial charge in [-0.05, 0) is 36.8 Å². The van der Waals surface area contributed by atoms with Crippen molar-refractivity contribution < 1.29 is 12.8 Å². The van der Waals surface area contributed by atoms with Gasteiger partial charge in [0, 0.05) is 21.5 Å². The van der Waals surface area contributed by atoms with Crippen LogP contribution in [0, 0.1) is 5.82 Å². The van der Waals surface area contributed by atoms with E-state index in [1.807, 2.05) is 6.92 Å². The van der Waals surface area contributed by atoms with E-state index in [0.29, 0.717) is 10.0 Å². The molecule has 0 aliphatic rings. The number of rotatable bonds is 5. The molecular formula is C13H13BrFNO2S2. The van der Waals surface area contributed by atoms with E-state index in [1.54, 1.807) is 24.3 Å². The van der Waals surface area contributed by atoms with Crippen molar-refractivity contribution in [2.24, 2.45) is 0 Å². The molecular weight excluding hydrogens is 365 g/mol. The van der Waals surface area contributed by atoms with Crippen molar-refractivity contribution in [2.45, 2.75) is 24.1 Å². The lowest BCUT2D eigenvalue weighted by Gasteiger charge is -2.06. The number of hydrogen-bond donors (Lipinski definition) is 1. The number of hydrogen-bond acceptors (Lipinski definition) is 3. The normalized spacial score (nSPS) is 11.8. The van der Waals surface area contributed by atoms with Crippen LogP contribution >= 0.6 is 27.3 Å². The molecule has 1 N–H and O–H groups in total. The van der Waals surface area contributed by atoms with Crippen molar-refractivity contribution in [2.75, 3.05) is 0 Å². The molecule has 0 saturated heterocycles. The van der Waals surface area contributed by atoms with Crippen molar-refractivity contribution >= 4 is 37.3 Å². The molecule has 0 amide bonds. The van der Waals surface area contributed by atoms with Gasteiger partial charge in [0.15, 0.2) is 0 Å². The molecule has 0 fully saturated rings. The summed E-state index contributed by atoms with van der Waals surface area (Å²) < 4.78 is 41.1. The van der Waals surface area contributed by atoms with Crippen LogP contribution in [0.1, 0.15) is 17.4 Å². The standard InChI is InChI=1S/C13H13BrFNO2S2/c1-2-11-4-6-13(19-11)20(17,18)16-8-9-7-10(14)3-5-12(9)15/h3-7,16H,2,8H2,1H3. The number of nitrogens with one attached hydrogen (secondary N) is 1. The van der Waals surface area contributed by atoms with Gasteiger partial charge in [0.25, 0.3) is 0 Å². The topological polar surface area (TPSA) is 46.2 Å². The van der Waals surface area contributed by atoms with Gasteiger partial charge in [-0.1, -0.05) is 22.9 Å². The zero-order chi connectivity index (χ0) is 14.8. The second-order valence-electron chi connectivity index (χ2n) is 4.13. The molecule has 0 aliphatic carbocycles. The number of benzene rings is 1. The van der Waals surface area contributed by atoms with Crippen LogP contribution in [-0.2, 0) is 23.0 Å². The maximum absolute atomic E-state index is 13.6. The zero-order valence-electron chi connectivity index (χ0n) is 10.7. The molecule has 3 nitrogen and oxygen atoms in total. The number of thiophene rings is 1. The van der Waals surface area contributed by atoms with Crippen LogP contribution in [0.3, 0.4) is 0 Å². The number of sulfonamides is 1. The van der Waals surface area contributed by atoms with Crippen LogP contribution in [0.25, 0.3) is 0 Å². The lowest BCUT2D eigenvalue weighted by atomic mass is 10.2. The largest absolute Gasteiger partial charge is 0.250 e. The van der Waals surface area contributed by atoms with E-state index in [-0.39, 0.29) is 10.8 Å². The fourth-order valence-electron chi connectivity index (χ4n) is 1.62. The molecule has 0 unspecified atom stereocenters. The molecule has 0 saturated carbocycles.